The van der Waals surface area contributed by atoms with Gasteiger partial charge in [-0.05, 0) is 31.2 Å². The number of amides is 1. The lowest BCUT2D eigenvalue weighted by Crippen LogP contribution is -2.27. The summed E-state index contributed by atoms with van der Waals surface area (Å²) in [5, 5.41) is 2.84. The van der Waals surface area contributed by atoms with E-state index in [9.17, 15) is 4.79 Å². The number of carbonyl (C=O) groups excluding carboxylic acids is 1. The van der Waals surface area contributed by atoms with Crippen molar-refractivity contribution in [3.63, 3.8) is 0 Å². The third-order valence-electron chi connectivity index (χ3n) is 3.43. The molecule has 1 heterocycles. The minimum atomic E-state index is -0.0102. The van der Waals surface area contributed by atoms with Crippen molar-refractivity contribution in [3.8, 4) is 11.4 Å². The van der Waals surface area contributed by atoms with Crippen LogP contribution in [0.3, 0.4) is 0 Å². The van der Waals surface area contributed by atoms with Crippen LogP contribution in [-0.2, 0) is 11.3 Å². The zero-order valence-corrected chi connectivity index (χ0v) is 13.8. The number of likely N-dealkylation sites (N-methyl/N-ethyl adjacent to an activating group) is 1. The number of hydrogen-bond acceptors (Lipinski definition) is 2. The van der Waals surface area contributed by atoms with Crippen molar-refractivity contribution in [1.82, 2.24) is 14.9 Å². The molecule has 0 bridgehead atoms. The summed E-state index contributed by atoms with van der Waals surface area (Å²) in [7, 11) is 0. The van der Waals surface area contributed by atoms with Gasteiger partial charge >= 0.3 is 0 Å². The van der Waals surface area contributed by atoms with Crippen molar-refractivity contribution in [2.45, 2.75) is 13.5 Å². The van der Waals surface area contributed by atoms with E-state index in [1.165, 1.54) is 0 Å². The lowest BCUT2D eigenvalue weighted by molar-refractivity contribution is -0.121. The summed E-state index contributed by atoms with van der Waals surface area (Å²) in [5.41, 5.74) is 2.85. The zero-order chi connectivity index (χ0) is 15.5. The molecule has 0 fully saturated rings. The Labute approximate surface area is 137 Å². The number of para-hydroxylation sites is 2. The minimum absolute atomic E-state index is 0.0102. The molecule has 5 heteroatoms. The molecule has 2 aromatic carbocycles. The number of nitrogens with zero attached hydrogens (tertiary/aromatic N) is 2. The van der Waals surface area contributed by atoms with Gasteiger partial charge in [-0.25, -0.2) is 4.98 Å². The molecule has 4 nitrogen and oxygen atoms in total. The van der Waals surface area contributed by atoms with Crippen LogP contribution in [0.1, 0.15) is 6.92 Å². The van der Waals surface area contributed by atoms with Crippen molar-refractivity contribution in [2.24, 2.45) is 0 Å². The van der Waals surface area contributed by atoms with Crippen molar-refractivity contribution in [2.75, 3.05) is 6.54 Å². The van der Waals surface area contributed by atoms with Crippen molar-refractivity contribution >= 4 is 32.9 Å². The van der Waals surface area contributed by atoms with E-state index in [1.54, 1.807) is 0 Å². The lowest BCUT2D eigenvalue weighted by atomic mass is 10.2. The van der Waals surface area contributed by atoms with Gasteiger partial charge in [0.25, 0.3) is 0 Å². The Hall–Kier alpha value is -2.14. The van der Waals surface area contributed by atoms with E-state index in [2.05, 4.69) is 21.2 Å². The largest absolute Gasteiger partial charge is 0.355 e. The number of rotatable bonds is 4. The van der Waals surface area contributed by atoms with Gasteiger partial charge in [0.2, 0.25) is 5.91 Å². The fourth-order valence-corrected chi connectivity index (χ4v) is 2.72. The van der Waals surface area contributed by atoms with Gasteiger partial charge in [-0.1, -0.05) is 40.2 Å². The second kappa shape index (κ2) is 6.32. The highest BCUT2D eigenvalue weighted by Gasteiger charge is 2.14. The summed E-state index contributed by atoms with van der Waals surface area (Å²) < 4.78 is 2.98. The highest BCUT2D eigenvalue weighted by atomic mass is 79.9. The molecular formula is C17H16BrN3O. The molecule has 1 N–H and O–H groups in total. The van der Waals surface area contributed by atoms with Crippen LogP contribution in [0.4, 0.5) is 0 Å². The van der Waals surface area contributed by atoms with Crippen LogP contribution in [-0.4, -0.2) is 22.0 Å². The van der Waals surface area contributed by atoms with Gasteiger partial charge in [0.15, 0.2) is 0 Å². The minimum Gasteiger partial charge on any atom is -0.355 e. The molecule has 0 radical (unpaired) electrons. The summed E-state index contributed by atoms with van der Waals surface area (Å²) in [6, 6.07) is 15.8. The molecule has 1 aromatic heterocycles. The molecule has 0 unspecified atom stereocenters. The van der Waals surface area contributed by atoms with Crippen LogP contribution in [0.5, 0.6) is 0 Å². The second-order valence-electron chi connectivity index (χ2n) is 4.97. The van der Waals surface area contributed by atoms with Gasteiger partial charge in [-0.2, -0.15) is 0 Å². The van der Waals surface area contributed by atoms with Crippen LogP contribution < -0.4 is 5.32 Å². The molecule has 0 saturated carbocycles. The molecule has 0 spiro atoms. The SMILES string of the molecule is CCNC(=O)Cn1c(-c2ccc(Br)cc2)nc2ccccc21. The fourth-order valence-electron chi connectivity index (χ4n) is 2.45. The number of benzene rings is 2. The molecule has 3 aromatic rings. The van der Waals surface area contributed by atoms with Crippen molar-refractivity contribution in [1.29, 1.82) is 0 Å². The molecule has 0 aliphatic carbocycles. The number of nitrogens with one attached hydrogen (secondary N) is 1. The first-order valence-corrected chi connectivity index (χ1v) is 7.96. The van der Waals surface area contributed by atoms with Crippen LogP contribution in [0.15, 0.2) is 53.0 Å². The normalized spacial score (nSPS) is 10.8. The Kier molecular flexibility index (Phi) is 4.24. The highest BCUT2D eigenvalue weighted by molar-refractivity contribution is 9.10. The Morgan fingerprint density at radius 1 is 1.18 bits per heavy atom. The second-order valence-corrected chi connectivity index (χ2v) is 5.89. The molecule has 1 amide bonds. The lowest BCUT2D eigenvalue weighted by Gasteiger charge is -2.09. The Morgan fingerprint density at radius 2 is 1.91 bits per heavy atom. The van der Waals surface area contributed by atoms with Crippen LogP contribution in [0.2, 0.25) is 0 Å². The molecule has 22 heavy (non-hydrogen) atoms. The Balaban J connectivity index is 2.11. The standard InChI is InChI=1S/C17H16BrN3O/c1-2-19-16(22)11-21-15-6-4-3-5-14(15)20-17(21)12-7-9-13(18)10-8-12/h3-10H,2,11H2,1H3,(H,19,22). The predicted molar refractivity (Wildman–Crippen MR) is 91.6 cm³/mol. The first-order valence-electron chi connectivity index (χ1n) is 7.17. The fraction of sp³-hybridized carbons (Fsp3) is 0.176. The summed E-state index contributed by atoms with van der Waals surface area (Å²) in [5.74, 6) is 0.795. The topological polar surface area (TPSA) is 46.9 Å². The molecule has 3 rings (SSSR count). The number of aromatic nitrogens is 2. The maximum absolute atomic E-state index is 12.0. The van der Waals surface area contributed by atoms with E-state index in [1.807, 2.05) is 60.0 Å². The number of halogens is 1. The van der Waals surface area contributed by atoms with Gasteiger partial charge in [-0.3, -0.25) is 4.79 Å². The van der Waals surface area contributed by atoms with Gasteiger partial charge in [0.05, 0.1) is 11.0 Å². The van der Waals surface area contributed by atoms with Gasteiger partial charge in [0.1, 0.15) is 12.4 Å². The summed E-state index contributed by atoms with van der Waals surface area (Å²) in [4.78, 5) is 16.7. The average Bonchev–Trinajstić information content (AvgIpc) is 2.87. The highest BCUT2D eigenvalue weighted by Crippen LogP contribution is 2.25. The maximum Gasteiger partial charge on any atom is 0.240 e. The quantitative estimate of drug-likeness (QED) is 0.775. The first kappa shape index (κ1) is 14.8. The Bertz CT molecular complexity index is 808. The maximum atomic E-state index is 12.0. The molecular weight excluding hydrogens is 342 g/mol. The van der Waals surface area contributed by atoms with Gasteiger partial charge < -0.3 is 9.88 Å². The van der Waals surface area contributed by atoms with E-state index in [4.69, 9.17) is 4.98 Å². The molecule has 0 atom stereocenters. The van der Waals surface area contributed by atoms with Gasteiger partial charge in [-0.15, -0.1) is 0 Å². The molecule has 0 aliphatic heterocycles. The number of fused-ring (bicyclic) bond motifs is 1. The van der Waals surface area contributed by atoms with E-state index in [0.717, 1.165) is 26.9 Å². The molecule has 112 valence electrons. The Morgan fingerprint density at radius 3 is 2.64 bits per heavy atom. The van der Waals surface area contributed by atoms with E-state index < -0.39 is 0 Å². The predicted octanol–water partition coefficient (Wildman–Crippen LogP) is 3.60. The van der Waals surface area contributed by atoms with Crippen molar-refractivity contribution < 1.29 is 4.79 Å². The molecule has 0 saturated heterocycles. The summed E-state index contributed by atoms with van der Waals surface area (Å²) >= 11 is 3.44. The summed E-state index contributed by atoms with van der Waals surface area (Å²) in [6.45, 7) is 2.80. The number of carbonyl (C=O) groups is 1. The zero-order valence-electron chi connectivity index (χ0n) is 12.2. The molecule has 0 aliphatic rings. The van der Waals surface area contributed by atoms with E-state index >= 15 is 0 Å². The number of hydrogen-bond donors (Lipinski definition) is 1. The van der Waals surface area contributed by atoms with Crippen molar-refractivity contribution in [3.05, 3.63) is 53.0 Å². The summed E-state index contributed by atoms with van der Waals surface area (Å²) in [6.07, 6.45) is 0. The van der Waals surface area contributed by atoms with E-state index in [0.29, 0.717) is 6.54 Å². The first-order chi connectivity index (χ1) is 10.7. The van der Waals surface area contributed by atoms with Crippen LogP contribution in [0.25, 0.3) is 22.4 Å². The smallest absolute Gasteiger partial charge is 0.240 e. The monoisotopic (exact) mass is 357 g/mol. The third-order valence-corrected chi connectivity index (χ3v) is 3.96. The van der Waals surface area contributed by atoms with Crippen LogP contribution in [0, 0.1) is 0 Å². The van der Waals surface area contributed by atoms with Crippen LogP contribution >= 0.6 is 15.9 Å². The van der Waals surface area contributed by atoms with E-state index in [-0.39, 0.29) is 12.5 Å². The van der Waals surface area contributed by atoms with Gasteiger partial charge in [0, 0.05) is 16.6 Å². The third kappa shape index (κ3) is 2.90. The average molecular weight is 358 g/mol. The number of imidazole rings is 1.